The van der Waals surface area contributed by atoms with Crippen LogP contribution in [-0.4, -0.2) is 15.2 Å². The van der Waals surface area contributed by atoms with Crippen LogP contribution in [0.15, 0.2) is 57.1 Å². The number of hydrogen-bond donors (Lipinski definition) is 2. The van der Waals surface area contributed by atoms with Crippen molar-refractivity contribution in [3.8, 4) is 0 Å². The summed E-state index contributed by atoms with van der Waals surface area (Å²) in [5.41, 5.74) is 9.30. The number of nitrogens with one attached hydrogen (secondary N) is 1. The van der Waals surface area contributed by atoms with Gasteiger partial charge in [0.25, 0.3) is 5.22 Å². The molecule has 0 bridgehead atoms. The van der Waals surface area contributed by atoms with Crippen LogP contribution in [0.2, 0.25) is 0 Å². The molecule has 2 aromatic carbocycles. The molecule has 0 spiro atoms. The van der Waals surface area contributed by atoms with Crippen molar-refractivity contribution in [2.75, 3.05) is 5.73 Å². The summed E-state index contributed by atoms with van der Waals surface area (Å²) in [6.45, 7) is 0. The summed E-state index contributed by atoms with van der Waals surface area (Å²) < 4.78 is 5.69. The van der Waals surface area contributed by atoms with Crippen LogP contribution in [0.1, 0.15) is 0 Å². The highest BCUT2D eigenvalue weighted by Crippen LogP contribution is 2.35. The molecular formula is C14H10N4OS. The molecular weight excluding hydrogens is 272 g/mol. The molecule has 0 amide bonds. The van der Waals surface area contributed by atoms with Gasteiger partial charge in [-0.15, -0.1) is 0 Å². The van der Waals surface area contributed by atoms with Gasteiger partial charge < -0.3 is 10.2 Å². The molecule has 0 aliphatic carbocycles. The van der Waals surface area contributed by atoms with E-state index in [1.165, 1.54) is 11.8 Å². The molecule has 0 aliphatic heterocycles. The topological polar surface area (TPSA) is 80.7 Å². The molecule has 4 aromatic rings. The third-order valence-corrected chi connectivity index (χ3v) is 3.96. The predicted molar refractivity (Wildman–Crippen MR) is 78.6 cm³/mol. The van der Waals surface area contributed by atoms with Gasteiger partial charge in [0.15, 0.2) is 5.58 Å². The largest absolute Gasteiger partial charge is 0.431 e. The first-order chi connectivity index (χ1) is 9.79. The maximum absolute atomic E-state index is 6.06. The zero-order chi connectivity index (χ0) is 13.5. The average Bonchev–Trinajstić information content (AvgIpc) is 3.04. The molecule has 0 aliphatic rings. The number of rotatable bonds is 2. The molecule has 3 N–H and O–H groups in total. The van der Waals surface area contributed by atoms with E-state index in [-0.39, 0.29) is 0 Å². The highest BCUT2D eigenvalue weighted by atomic mass is 32.2. The smallest absolute Gasteiger partial charge is 0.261 e. The molecule has 0 unspecified atom stereocenters. The fourth-order valence-corrected chi connectivity index (χ4v) is 2.88. The van der Waals surface area contributed by atoms with E-state index in [0.29, 0.717) is 10.9 Å². The van der Waals surface area contributed by atoms with Crippen molar-refractivity contribution >= 4 is 39.5 Å². The van der Waals surface area contributed by atoms with Crippen LogP contribution in [0, 0.1) is 0 Å². The van der Waals surface area contributed by atoms with Gasteiger partial charge in [-0.05, 0) is 36.0 Å². The molecule has 20 heavy (non-hydrogen) atoms. The summed E-state index contributed by atoms with van der Waals surface area (Å²) in [6, 6.07) is 11.5. The predicted octanol–water partition coefficient (Wildman–Crippen LogP) is 3.44. The second-order valence-electron chi connectivity index (χ2n) is 4.40. The number of nitrogen functional groups attached to an aromatic ring is 1. The Labute approximate surface area is 118 Å². The van der Waals surface area contributed by atoms with E-state index in [2.05, 4.69) is 15.2 Å². The van der Waals surface area contributed by atoms with Gasteiger partial charge in [0.05, 0.1) is 11.7 Å². The highest BCUT2D eigenvalue weighted by molar-refractivity contribution is 7.99. The minimum Gasteiger partial charge on any atom is -0.431 e. The molecule has 4 rings (SSSR count). The minimum absolute atomic E-state index is 0.580. The summed E-state index contributed by atoms with van der Waals surface area (Å²) in [5, 5.41) is 8.50. The van der Waals surface area contributed by atoms with Gasteiger partial charge in [-0.25, -0.2) is 4.98 Å². The zero-order valence-electron chi connectivity index (χ0n) is 10.3. The standard InChI is InChI=1S/C14H10N4OS/c15-9-5-8-7-16-18-11(8)6-13(9)20-14-17-10-3-1-2-4-12(10)19-14/h1-7H,15H2,(H,16,18). The zero-order valence-corrected chi connectivity index (χ0v) is 11.1. The lowest BCUT2D eigenvalue weighted by molar-refractivity contribution is 0.489. The Hall–Kier alpha value is -2.47. The Morgan fingerprint density at radius 2 is 2.10 bits per heavy atom. The summed E-state index contributed by atoms with van der Waals surface area (Å²) in [7, 11) is 0. The fourth-order valence-electron chi connectivity index (χ4n) is 2.07. The number of nitrogens with zero attached hydrogens (tertiary/aromatic N) is 2. The van der Waals surface area contributed by atoms with Gasteiger partial charge in [-0.3, -0.25) is 5.10 Å². The average molecular weight is 282 g/mol. The molecule has 2 heterocycles. The molecule has 98 valence electrons. The van der Waals surface area contributed by atoms with Gasteiger partial charge in [0.2, 0.25) is 0 Å². The molecule has 0 atom stereocenters. The van der Waals surface area contributed by atoms with Crippen LogP contribution in [0.5, 0.6) is 0 Å². The maximum Gasteiger partial charge on any atom is 0.261 e. The Kier molecular flexibility index (Phi) is 2.43. The van der Waals surface area contributed by atoms with E-state index in [4.69, 9.17) is 10.2 Å². The van der Waals surface area contributed by atoms with Crippen molar-refractivity contribution < 1.29 is 4.42 Å². The van der Waals surface area contributed by atoms with Crippen LogP contribution < -0.4 is 5.73 Å². The minimum atomic E-state index is 0.580. The first kappa shape index (κ1) is 11.4. The fraction of sp³-hybridized carbons (Fsp3) is 0. The number of nitrogens with two attached hydrogens (primary N) is 1. The number of aromatic nitrogens is 3. The number of aromatic amines is 1. The molecule has 0 saturated carbocycles. The van der Waals surface area contributed by atoms with Crippen molar-refractivity contribution in [2.45, 2.75) is 10.1 Å². The number of para-hydroxylation sites is 2. The second-order valence-corrected chi connectivity index (χ2v) is 5.39. The molecule has 2 aromatic heterocycles. The summed E-state index contributed by atoms with van der Waals surface area (Å²) >= 11 is 1.41. The monoisotopic (exact) mass is 282 g/mol. The van der Waals surface area contributed by atoms with E-state index < -0.39 is 0 Å². The Morgan fingerprint density at radius 1 is 1.20 bits per heavy atom. The van der Waals surface area contributed by atoms with Gasteiger partial charge in [0, 0.05) is 16.0 Å². The Bertz CT molecular complexity index is 879. The van der Waals surface area contributed by atoms with E-state index >= 15 is 0 Å². The molecule has 5 nitrogen and oxygen atoms in total. The van der Waals surface area contributed by atoms with Gasteiger partial charge in [0.1, 0.15) is 5.52 Å². The van der Waals surface area contributed by atoms with Crippen LogP contribution >= 0.6 is 11.8 Å². The third-order valence-electron chi connectivity index (χ3n) is 3.04. The highest BCUT2D eigenvalue weighted by Gasteiger charge is 2.10. The Morgan fingerprint density at radius 3 is 3.00 bits per heavy atom. The first-order valence-electron chi connectivity index (χ1n) is 6.05. The lowest BCUT2D eigenvalue weighted by atomic mass is 10.2. The van der Waals surface area contributed by atoms with Crippen LogP contribution in [-0.2, 0) is 0 Å². The number of fused-ring (bicyclic) bond motifs is 2. The summed E-state index contributed by atoms with van der Waals surface area (Å²) in [6.07, 6.45) is 1.75. The molecule has 0 saturated heterocycles. The van der Waals surface area contributed by atoms with Crippen molar-refractivity contribution in [1.29, 1.82) is 0 Å². The van der Waals surface area contributed by atoms with Crippen molar-refractivity contribution in [3.63, 3.8) is 0 Å². The number of hydrogen-bond acceptors (Lipinski definition) is 5. The van der Waals surface area contributed by atoms with E-state index in [9.17, 15) is 0 Å². The van der Waals surface area contributed by atoms with Crippen LogP contribution in [0.25, 0.3) is 22.0 Å². The molecule has 0 radical (unpaired) electrons. The Balaban J connectivity index is 1.77. The van der Waals surface area contributed by atoms with E-state index in [1.807, 2.05) is 36.4 Å². The maximum atomic E-state index is 6.06. The second kappa shape index (κ2) is 4.28. The number of H-pyrrole nitrogens is 1. The first-order valence-corrected chi connectivity index (χ1v) is 6.87. The van der Waals surface area contributed by atoms with Crippen LogP contribution in [0.3, 0.4) is 0 Å². The SMILES string of the molecule is Nc1cc2cn[nH]c2cc1Sc1nc2ccccc2o1. The third kappa shape index (κ3) is 1.81. The number of oxazole rings is 1. The summed E-state index contributed by atoms with van der Waals surface area (Å²) in [5.74, 6) is 0. The quantitative estimate of drug-likeness (QED) is 0.550. The summed E-state index contributed by atoms with van der Waals surface area (Å²) in [4.78, 5) is 5.33. The lowest BCUT2D eigenvalue weighted by Gasteiger charge is -2.02. The van der Waals surface area contributed by atoms with E-state index in [0.717, 1.165) is 26.9 Å². The number of benzene rings is 2. The van der Waals surface area contributed by atoms with E-state index in [1.54, 1.807) is 6.20 Å². The van der Waals surface area contributed by atoms with Crippen molar-refractivity contribution in [1.82, 2.24) is 15.2 Å². The lowest BCUT2D eigenvalue weighted by Crippen LogP contribution is -1.88. The van der Waals surface area contributed by atoms with Gasteiger partial charge in [-0.1, -0.05) is 12.1 Å². The van der Waals surface area contributed by atoms with Crippen LogP contribution in [0.4, 0.5) is 5.69 Å². The number of anilines is 1. The molecule has 0 fully saturated rings. The molecule has 6 heteroatoms. The van der Waals surface area contributed by atoms with Crippen molar-refractivity contribution in [2.24, 2.45) is 0 Å². The van der Waals surface area contributed by atoms with Gasteiger partial charge in [-0.2, -0.15) is 5.10 Å². The van der Waals surface area contributed by atoms with Crippen molar-refractivity contribution in [3.05, 3.63) is 42.6 Å². The normalized spacial score (nSPS) is 11.4. The van der Waals surface area contributed by atoms with Gasteiger partial charge >= 0.3 is 0 Å².